The number of benzene rings is 1. The summed E-state index contributed by atoms with van der Waals surface area (Å²) < 4.78 is 24.0. The molecule has 0 bridgehead atoms. The molecule has 2 aromatic rings. The molecule has 0 aliphatic carbocycles. The van der Waals surface area contributed by atoms with Gasteiger partial charge in [0.15, 0.2) is 9.84 Å². The SMILES string of the molecule is Nc1ccc(S(=O)(=O)CCc2cccs2)cc1. The predicted octanol–water partition coefficient (Wildman–Crippen LogP) is 2.35. The fraction of sp³-hybridized carbons (Fsp3) is 0.167. The van der Waals surface area contributed by atoms with Gasteiger partial charge in [0.2, 0.25) is 0 Å². The Morgan fingerprint density at radius 1 is 1.12 bits per heavy atom. The van der Waals surface area contributed by atoms with E-state index in [2.05, 4.69) is 0 Å². The van der Waals surface area contributed by atoms with E-state index >= 15 is 0 Å². The van der Waals surface area contributed by atoms with Crippen LogP contribution in [-0.2, 0) is 16.3 Å². The van der Waals surface area contributed by atoms with Crippen molar-refractivity contribution < 1.29 is 8.42 Å². The summed E-state index contributed by atoms with van der Waals surface area (Å²) in [5, 5.41) is 1.95. The quantitative estimate of drug-likeness (QED) is 0.865. The second-order valence-corrected chi connectivity index (χ2v) is 6.86. The van der Waals surface area contributed by atoms with Gasteiger partial charge in [0.05, 0.1) is 10.6 Å². The minimum Gasteiger partial charge on any atom is -0.399 e. The van der Waals surface area contributed by atoms with Gasteiger partial charge in [-0.25, -0.2) is 8.42 Å². The molecule has 2 rings (SSSR count). The van der Waals surface area contributed by atoms with E-state index in [1.54, 1.807) is 35.6 Å². The second-order valence-electron chi connectivity index (χ2n) is 3.72. The summed E-state index contributed by atoms with van der Waals surface area (Å²) in [7, 11) is -3.20. The van der Waals surface area contributed by atoms with E-state index in [9.17, 15) is 8.42 Å². The number of thiophene rings is 1. The number of sulfone groups is 1. The molecule has 0 aliphatic rings. The predicted molar refractivity (Wildman–Crippen MR) is 70.9 cm³/mol. The molecule has 5 heteroatoms. The van der Waals surface area contributed by atoms with E-state index in [0.717, 1.165) is 4.88 Å². The molecule has 1 aromatic carbocycles. The van der Waals surface area contributed by atoms with Crippen LogP contribution in [-0.4, -0.2) is 14.2 Å². The standard InChI is InChI=1S/C12H13NO2S2/c13-10-3-5-12(6-4-10)17(14,15)9-7-11-2-1-8-16-11/h1-6,8H,7,9,13H2. The number of nitrogens with two attached hydrogens (primary N) is 1. The van der Waals surface area contributed by atoms with Gasteiger partial charge in [0.25, 0.3) is 0 Å². The number of hydrogen-bond donors (Lipinski definition) is 1. The van der Waals surface area contributed by atoms with Gasteiger partial charge >= 0.3 is 0 Å². The minimum atomic E-state index is -3.20. The molecule has 0 atom stereocenters. The first-order valence-corrected chi connectivity index (χ1v) is 7.72. The highest BCUT2D eigenvalue weighted by Gasteiger charge is 2.14. The van der Waals surface area contributed by atoms with Crippen molar-refractivity contribution in [2.45, 2.75) is 11.3 Å². The van der Waals surface area contributed by atoms with Crippen molar-refractivity contribution in [3.63, 3.8) is 0 Å². The zero-order valence-electron chi connectivity index (χ0n) is 9.17. The van der Waals surface area contributed by atoms with Crippen LogP contribution >= 0.6 is 11.3 Å². The van der Waals surface area contributed by atoms with Gasteiger partial charge in [0.1, 0.15) is 0 Å². The van der Waals surface area contributed by atoms with Gasteiger partial charge < -0.3 is 5.73 Å². The summed E-state index contributed by atoms with van der Waals surface area (Å²) in [6.07, 6.45) is 0.560. The lowest BCUT2D eigenvalue weighted by molar-refractivity contribution is 0.595. The van der Waals surface area contributed by atoms with Gasteiger partial charge in [-0.05, 0) is 42.1 Å². The lowest BCUT2D eigenvalue weighted by Crippen LogP contribution is -2.08. The summed E-state index contributed by atoms with van der Waals surface area (Å²) in [5.74, 6) is 0.136. The minimum absolute atomic E-state index is 0.136. The first-order valence-electron chi connectivity index (χ1n) is 5.18. The van der Waals surface area contributed by atoms with Crippen molar-refractivity contribution in [1.29, 1.82) is 0 Å². The molecular formula is C12H13NO2S2. The summed E-state index contributed by atoms with van der Waals surface area (Å²) in [6.45, 7) is 0. The lowest BCUT2D eigenvalue weighted by atomic mass is 10.3. The van der Waals surface area contributed by atoms with E-state index in [-0.39, 0.29) is 5.75 Å². The van der Waals surface area contributed by atoms with Gasteiger partial charge in [-0.2, -0.15) is 0 Å². The molecule has 0 fully saturated rings. The molecule has 2 N–H and O–H groups in total. The molecule has 0 saturated heterocycles. The largest absolute Gasteiger partial charge is 0.399 e. The van der Waals surface area contributed by atoms with Gasteiger partial charge in [-0.3, -0.25) is 0 Å². The van der Waals surface area contributed by atoms with E-state index in [0.29, 0.717) is 17.0 Å². The Morgan fingerprint density at radius 3 is 2.41 bits per heavy atom. The summed E-state index contributed by atoms with van der Waals surface area (Å²) in [6, 6.07) is 10.2. The van der Waals surface area contributed by atoms with Crippen LogP contribution in [0.1, 0.15) is 4.88 Å². The van der Waals surface area contributed by atoms with Crippen molar-refractivity contribution in [3.8, 4) is 0 Å². The third-order valence-corrected chi connectivity index (χ3v) is 5.10. The Kier molecular flexibility index (Phi) is 3.49. The van der Waals surface area contributed by atoms with Gasteiger partial charge in [-0.1, -0.05) is 6.07 Å². The molecule has 0 saturated carbocycles. The highest BCUT2D eigenvalue weighted by atomic mass is 32.2. The molecular weight excluding hydrogens is 254 g/mol. The van der Waals surface area contributed by atoms with Crippen LogP contribution in [0.3, 0.4) is 0 Å². The van der Waals surface area contributed by atoms with Gasteiger partial charge in [0, 0.05) is 10.6 Å². The molecule has 0 unspecified atom stereocenters. The molecule has 1 heterocycles. The summed E-state index contributed by atoms with van der Waals surface area (Å²) in [5.41, 5.74) is 6.10. The van der Waals surface area contributed by atoms with Crippen LogP contribution in [0.25, 0.3) is 0 Å². The second kappa shape index (κ2) is 4.89. The zero-order chi connectivity index (χ0) is 12.3. The van der Waals surface area contributed by atoms with Crippen LogP contribution in [0, 0.1) is 0 Å². The van der Waals surface area contributed by atoms with Crippen molar-refractivity contribution >= 4 is 26.9 Å². The van der Waals surface area contributed by atoms with Crippen LogP contribution in [0.2, 0.25) is 0 Å². The summed E-state index contributed by atoms with van der Waals surface area (Å²) >= 11 is 1.58. The van der Waals surface area contributed by atoms with E-state index in [1.807, 2.05) is 17.5 Å². The molecule has 17 heavy (non-hydrogen) atoms. The Labute approximate surface area is 105 Å². The van der Waals surface area contributed by atoms with Crippen molar-refractivity contribution in [2.24, 2.45) is 0 Å². The topological polar surface area (TPSA) is 60.2 Å². The number of aryl methyl sites for hydroxylation is 1. The molecule has 0 aliphatic heterocycles. The summed E-state index contributed by atoms with van der Waals surface area (Å²) in [4.78, 5) is 1.42. The molecule has 3 nitrogen and oxygen atoms in total. The third kappa shape index (κ3) is 3.08. The van der Waals surface area contributed by atoms with E-state index in [4.69, 9.17) is 5.73 Å². The molecule has 90 valence electrons. The average Bonchev–Trinajstić information content (AvgIpc) is 2.80. The Balaban J connectivity index is 2.11. The van der Waals surface area contributed by atoms with Crippen LogP contribution in [0.15, 0.2) is 46.7 Å². The molecule has 0 spiro atoms. The maximum atomic E-state index is 12.0. The maximum absolute atomic E-state index is 12.0. The Morgan fingerprint density at radius 2 is 1.82 bits per heavy atom. The number of hydrogen-bond acceptors (Lipinski definition) is 4. The number of nitrogen functional groups attached to an aromatic ring is 1. The van der Waals surface area contributed by atoms with Crippen molar-refractivity contribution in [3.05, 3.63) is 46.7 Å². The highest BCUT2D eigenvalue weighted by molar-refractivity contribution is 7.91. The van der Waals surface area contributed by atoms with Gasteiger partial charge in [-0.15, -0.1) is 11.3 Å². The number of rotatable bonds is 4. The van der Waals surface area contributed by atoms with Crippen molar-refractivity contribution in [1.82, 2.24) is 0 Å². The smallest absolute Gasteiger partial charge is 0.178 e. The van der Waals surface area contributed by atoms with Crippen LogP contribution in [0.4, 0.5) is 5.69 Å². The average molecular weight is 267 g/mol. The van der Waals surface area contributed by atoms with Crippen molar-refractivity contribution in [2.75, 3.05) is 11.5 Å². The molecule has 1 aromatic heterocycles. The van der Waals surface area contributed by atoms with Crippen LogP contribution in [0.5, 0.6) is 0 Å². The first-order chi connectivity index (χ1) is 8.08. The molecule has 0 radical (unpaired) electrons. The monoisotopic (exact) mass is 267 g/mol. The zero-order valence-corrected chi connectivity index (χ0v) is 10.8. The maximum Gasteiger partial charge on any atom is 0.178 e. The normalized spacial score (nSPS) is 11.5. The Hall–Kier alpha value is -1.33. The number of anilines is 1. The fourth-order valence-corrected chi connectivity index (χ4v) is 3.60. The van der Waals surface area contributed by atoms with E-state index < -0.39 is 9.84 Å². The fourth-order valence-electron chi connectivity index (χ4n) is 1.48. The van der Waals surface area contributed by atoms with E-state index in [1.165, 1.54) is 0 Å². The van der Waals surface area contributed by atoms with Crippen LogP contribution < -0.4 is 5.73 Å². The first kappa shape index (κ1) is 12.1. The molecule has 0 amide bonds. The highest BCUT2D eigenvalue weighted by Crippen LogP contribution is 2.16. The lowest BCUT2D eigenvalue weighted by Gasteiger charge is -2.03. The third-order valence-electron chi connectivity index (χ3n) is 2.44. The Bertz CT molecular complexity index is 571.